The Bertz CT molecular complexity index is 486. The summed E-state index contributed by atoms with van der Waals surface area (Å²) in [6.45, 7) is 3.95. The van der Waals surface area contributed by atoms with Gasteiger partial charge in [0, 0.05) is 18.7 Å². The molecular formula is C14H20N2O4. The fraction of sp³-hybridized carbons (Fsp3) is 0.571. The van der Waals surface area contributed by atoms with E-state index < -0.39 is 17.1 Å². The molecule has 0 aliphatic heterocycles. The topological polar surface area (TPSA) is 84.6 Å². The van der Waals surface area contributed by atoms with Crippen LogP contribution in [0.3, 0.4) is 0 Å². The summed E-state index contributed by atoms with van der Waals surface area (Å²) in [6.07, 6.45) is 1.19. The van der Waals surface area contributed by atoms with Crippen LogP contribution in [-0.4, -0.2) is 28.3 Å². The predicted octanol–water partition coefficient (Wildman–Crippen LogP) is 1.99. The molecule has 2 N–H and O–H groups in total. The number of rotatable bonds is 7. The van der Waals surface area contributed by atoms with Crippen molar-refractivity contribution < 1.29 is 14.8 Å². The summed E-state index contributed by atoms with van der Waals surface area (Å²) >= 11 is 0. The van der Waals surface area contributed by atoms with Crippen molar-refractivity contribution in [1.82, 2.24) is 5.32 Å². The molecule has 2 atom stereocenters. The highest BCUT2D eigenvalue weighted by Crippen LogP contribution is 2.29. The van der Waals surface area contributed by atoms with Crippen LogP contribution in [0, 0.1) is 10.1 Å². The maximum atomic E-state index is 11.0. The van der Waals surface area contributed by atoms with Gasteiger partial charge in [-0.1, -0.05) is 6.07 Å². The molecule has 1 aromatic rings. The van der Waals surface area contributed by atoms with Crippen molar-refractivity contribution in [2.75, 3.05) is 0 Å². The number of nitro benzene ring substituents is 1. The average molecular weight is 280 g/mol. The molecule has 110 valence electrons. The molecule has 1 aliphatic rings. The molecule has 0 heterocycles. The summed E-state index contributed by atoms with van der Waals surface area (Å²) in [5, 5.41) is 23.8. The van der Waals surface area contributed by atoms with Gasteiger partial charge in [0.15, 0.2) is 5.75 Å². The minimum absolute atomic E-state index is 0.0762. The maximum absolute atomic E-state index is 11.0. The first-order chi connectivity index (χ1) is 9.47. The molecule has 1 aliphatic carbocycles. The highest BCUT2D eigenvalue weighted by atomic mass is 16.6. The van der Waals surface area contributed by atoms with Gasteiger partial charge in [0.05, 0.1) is 11.0 Å². The zero-order valence-electron chi connectivity index (χ0n) is 11.7. The van der Waals surface area contributed by atoms with Crippen molar-refractivity contribution in [2.24, 2.45) is 0 Å². The lowest BCUT2D eigenvalue weighted by molar-refractivity contribution is -0.386. The molecule has 0 bridgehead atoms. The first-order valence-corrected chi connectivity index (χ1v) is 6.83. The molecule has 1 aromatic carbocycles. The van der Waals surface area contributed by atoms with E-state index in [1.807, 2.05) is 0 Å². The van der Waals surface area contributed by atoms with E-state index in [2.05, 4.69) is 5.32 Å². The van der Waals surface area contributed by atoms with E-state index in [1.165, 1.54) is 18.9 Å². The van der Waals surface area contributed by atoms with Gasteiger partial charge in [-0.15, -0.1) is 0 Å². The first kappa shape index (κ1) is 14.7. The van der Waals surface area contributed by atoms with Crippen LogP contribution in [0.2, 0.25) is 0 Å². The minimum Gasteiger partial charge on any atom is -0.481 e. The lowest BCUT2D eigenvalue weighted by Gasteiger charge is -2.17. The lowest BCUT2D eigenvalue weighted by Crippen LogP contribution is -2.26. The largest absolute Gasteiger partial charge is 0.481 e. The van der Waals surface area contributed by atoms with Crippen LogP contribution in [0.4, 0.5) is 5.69 Å². The van der Waals surface area contributed by atoms with Crippen LogP contribution in [-0.2, 0) is 6.54 Å². The zero-order chi connectivity index (χ0) is 14.7. The van der Waals surface area contributed by atoms with Crippen LogP contribution >= 0.6 is 0 Å². The molecule has 1 saturated carbocycles. The normalized spacial score (nSPS) is 17.6. The number of aliphatic hydroxyl groups excluding tert-OH is 1. The van der Waals surface area contributed by atoms with Gasteiger partial charge in [0.25, 0.3) is 0 Å². The number of nitrogens with one attached hydrogen (secondary N) is 1. The van der Waals surface area contributed by atoms with Crippen molar-refractivity contribution in [2.45, 2.75) is 51.5 Å². The lowest BCUT2D eigenvalue weighted by atomic mass is 10.1. The van der Waals surface area contributed by atoms with Gasteiger partial charge in [0.2, 0.25) is 0 Å². The monoisotopic (exact) mass is 280 g/mol. The second kappa shape index (κ2) is 6.19. The Hall–Kier alpha value is -1.66. The summed E-state index contributed by atoms with van der Waals surface area (Å²) in [6, 6.07) is 5.43. The molecule has 20 heavy (non-hydrogen) atoms. The van der Waals surface area contributed by atoms with E-state index in [9.17, 15) is 15.2 Å². The van der Waals surface area contributed by atoms with Crippen LogP contribution in [0.1, 0.15) is 32.3 Å². The van der Waals surface area contributed by atoms with E-state index >= 15 is 0 Å². The summed E-state index contributed by atoms with van der Waals surface area (Å²) in [4.78, 5) is 10.5. The van der Waals surface area contributed by atoms with Gasteiger partial charge in [0.1, 0.15) is 6.10 Å². The van der Waals surface area contributed by atoms with Crippen LogP contribution in [0.5, 0.6) is 5.75 Å². The predicted molar refractivity (Wildman–Crippen MR) is 74.7 cm³/mol. The third-order valence-corrected chi connectivity index (χ3v) is 3.39. The van der Waals surface area contributed by atoms with Crippen molar-refractivity contribution in [1.29, 1.82) is 0 Å². The molecule has 0 amide bonds. The molecule has 2 rings (SSSR count). The van der Waals surface area contributed by atoms with E-state index in [-0.39, 0.29) is 11.4 Å². The number of hydrogen-bond acceptors (Lipinski definition) is 5. The van der Waals surface area contributed by atoms with E-state index in [0.717, 1.165) is 5.56 Å². The summed E-state index contributed by atoms with van der Waals surface area (Å²) in [5.74, 6) is 0.207. The summed E-state index contributed by atoms with van der Waals surface area (Å²) < 4.78 is 5.51. The maximum Gasteiger partial charge on any atom is 0.310 e. The molecule has 0 radical (unpaired) electrons. The molecule has 6 nitrogen and oxygen atoms in total. The van der Waals surface area contributed by atoms with Crippen LogP contribution in [0.15, 0.2) is 18.2 Å². The number of benzene rings is 1. The SMILES string of the molecule is CC(O)C(C)Oc1cc(CNC2CC2)ccc1[N+](=O)[O-]. The fourth-order valence-corrected chi connectivity index (χ4v) is 1.76. The number of nitro groups is 1. The molecule has 2 unspecified atom stereocenters. The smallest absolute Gasteiger partial charge is 0.310 e. The van der Waals surface area contributed by atoms with Crippen molar-refractivity contribution in [3.05, 3.63) is 33.9 Å². The number of hydrogen-bond donors (Lipinski definition) is 2. The molecule has 0 saturated heterocycles. The third kappa shape index (κ3) is 3.91. The van der Waals surface area contributed by atoms with Gasteiger partial charge < -0.3 is 15.2 Å². The van der Waals surface area contributed by atoms with Crippen molar-refractivity contribution >= 4 is 5.69 Å². The van der Waals surface area contributed by atoms with E-state index in [0.29, 0.717) is 12.6 Å². The summed E-state index contributed by atoms with van der Waals surface area (Å²) in [7, 11) is 0. The fourth-order valence-electron chi connectivity index (χ4n) is 1.76. The van der Waals surface area contributed by atoms with Crippen molar-refractivity contribution in [3.63, 3.8) is 0 Å². The first-order valence-electron chi connectivity index (χ1n) is 6.83. The van der Waals surface area contributed by atoms with Gasteiger partial charge in [-0.3, -0.25) is 10.1 Å². The quantitative estimate of drug-likeness (QED) is 0.589. The standard InChI is InChI=1S/C14H20N2O4/c1-9(17)10(2)20-14-7-11(8-15-12-4-5-12)3-6-13(14)16(18)19/h3,6-7,9-10,12,15,17H,4-5,8H2,1-2H3. The Morgan fingerprint density at radius 2 is 2.20 bits per heavy atom. The van der Waals surface area contributed by atoms with Crippen molar-refractivity contribution in [3.8, 4) is 5.75 Å². The molecular weight excluding hydrogens is 260 g/mol. The Morgan fingerprint density at radius 1 is 1.50 bits per heavy atom. The molecule has 6 heteroatoms. The Kier molecular flexibility index (Phi) is 4.57. The van der Waals surface area contributed by atoms with Gasteiger partial charge in [-0.2, -0.15) is 0 Å². The second-order valence-corrected chi connectivity index (χ2v) is 5.28. The minimum atomic E-state index is -0.692. The molecule has 0 aromatic heterocycles. The number of ether oxygens (including phenoxy) is 1. The van der Waals surface area contributed by atoms with Gasteiger partial charge >= 0.3 is 5.69 Å². The highest BCUT2D eigenvalue weighted by Gasteiger charge is 2.22. The van der Waals surface area contributed by atoms with Gasteiger partial charge in [-0.05, 0) is 38.3 Å². The Morgan fingerprint density at radius 3 is 2.75 bits per heavy atom. The Balaban J connectivity index is 2.14. The van der Waals surface area contributed by atoms with Crippen LogP contribution < -0.4 is 10.1 Å². The number of aliphatic hydroxyl groups is 1. The van der Waals surface area contributed by atoms with E-state index in [1.54, 1.807) is 26.0 Å². The third-order valence-electron chi connectivity index (χ3n) is 3.39. The molecule has 0 spiro atoms. The zero-order valence-corrected chi connectivity index (χ0v) is 11.7. The highest BCUT2D eigenvalue weighted by molar-refractivity contribution is 5.48. The number of nitrogens with zero attached hydrogens (tertiary/aromatic N) is 1. The van der Waals surface area contributed by atoms with Crippen LogP contribution in [0.25, 0.3) is 0 Å². The average Bonchev–Trinajstić information content (AvgIpc) is 3.20. The van der Waals surface area contributed by atoms with Gasteiger partial charge in [-0.25, -0.2) is 0 Å². The van der Waals surface area contributed by atoms with E-state index in [4.69, 9.17) is 4.74 Å². The summed E-state index contributed by atoms with van der Waals surface area (Å²) in [5.41, 5.74) is 0.864. The molecule has 1 fully saturated rings. The second-order valence-electron chi connectivity index (χ2n) is 5.28. The Labute approximate surface area is 117 Å².